The molecular formula is C16H22F2N2O2. The SMILES string of the molecule is CC(C)(C)OC(=O)N1CC[C@H](N)[C@H](c2cc(F)cc(F)c2)C1. The summed E-state index contributed by atoms with van der Waals surface area (Å²) in [4.78, 5) is 13.7. The van der Waals surface area contributed by atoms with Crippen LogP contribution >= 0.6 is 0 Å². The first-order chi connectivity index (χ1) is 10.2. The molecule has 1 saturated heterocycles. The Hall–Kier alpha value is -1.69. The standard InChI is InChI=1S/C16H22F2N2O2/c1-16(2,3)22-15(21)20-5-4-14(19)13(9-20)10-6-11(17)8-12(18)7-10/h6-8,13-14H,4-5,9,19H2,1-3H3/t13-,14-/m0/s1. The fraction of sp³-hybridized carbons (Fsp3) is 0.562. The van der Waals surface area contributed by atoms with Gasteiger partial charge < -0.3 is 15.4 Å². The summed E-state index contributed by atoms with van der Waals surface area (Å²) in [7, 11) is 0. The first-order valence-corrected chi connectivity index (χ1v) is 7.35. The molecule has 122 valence electrons. The van der Waals surface area contributed by atoms with E-state index in [4.69, 9.17) is 10.5 Å². The van der Waals surface area contributed by atoms with Crippen molar-refractivity contribution in [1.29, 1.82) is 0 Å². The Morgan fingerprint density at radius 3 is 2.41 bits per heavy atom. The number of benzene rings is 1. The predicted octanol–water partition coefficient (Wildman–Crippen LogP) is 3.02. The molecule has 22 heavy (non-hydrogen) atoms. The molecule has 0 saturated carbocycles. The first-order valence-electron chi connectivity index (χ1n) is 7.35. The largest absolute Gasteiger partial charge is 0.444 e. The van der Waals surface area contributed by atoms with Crippen LogP contribution in [0.25, 0.3) is 0 Å². The zero-order chi connectivity index (χ0) is 16.5. The maximum absolute atomic E-state index is 13.4. The van der Waals surface area contributed by atoms with E-state index in [2.05, 4.69) is 0 Å². The number of hydrogen-bond acceptors (Lipinski definition) is 3. The van der Waals surface area contributed by atoms with Gasteiger partial charge in [-0.2, -0.15) is 0 Å². The highest BCUT2D eigenvalue weighted by molar-refractivity contribution is 5.68. The summed E-state index contributed by atoms with van der Waals surface area (Å²) in [6.07, 6.45) is 0.128. The fourth-order valence-electron chi connectivity index (χ4n) is 2.60. The van der Waals surface area contributed by atoms with Gasteiger partial charge in [-0.1, -0.05) is 0 Å². The number of piperidine rings is 1. The van der Waals surface area contributed by atoms with Gasteiger partial charge in [0.05, 0.1) is 0 Å². The predicted molar refractivity (Wildman–Crippen MR) is 79.5 cm³/mol. The van der Waals surface area contributed by atoms with E-state index in [-0.39, 0.29) is 12.0 Å². The number of ether oxygens (including phenoxy) is 1. The zero-order valence-electron chi connectivity index (χ0n) is 13.1. The lowest BCUT2D eigenvalue weighted by Gasteiger charge is -2.37. The molecule has 1 aliphatic heterocycles. The molecule has 0 unspecified atom stereocenters. The summed E-state index contributed by atoms with van der Waals surface area (Å²) < 4.78 is 32.1. The van der Waals surface area contributed by atoms with Crippen LogP contribution in [0.5, 0.6) is 0 Å². The quantitative estimate of drug-likeness (QED) is 0.867. The Kier molecular flexibility index (Phi) is 4.70. The average Bonchev–Trinajstić information content (AvgIpc) is 2.35. The second kappa shape index (κ2) is 6.20. The lowest BCUT2D eigenvalue weighted by atomic mass is 9.86. The van der Waals surface area contributed by atoms with Gasteiger partial charge in [0.2, 0.25) is 0 Å². The number of rotatable bonds is 1. The molecule has 1 heterocycles. The summed E-state index contributed by atoms with van der Waals surface area (Å²) in [5, 5.41) is 0. The average molecular weight is 312 g/mol. The second-order valence-corrected chi connectivity index (χ2v) is 6.69. The number of carbonyl (C=O) groups excluding carboxylic acids is 1. The Bertz CT molecular complexity index is 537. The molecule has 0 bridgehead atoms. The van der Waals surface area contributed by atoms with E-state index in [0.717, 1.165) is 6.07 Å². The summed E-state index contributed by atoms with van der Waals surface area (Å²) in [6.45, 7) is 6.14. The molecule has 0 aliphatic carbocycles. The zero-order valence-corrected chi connectivity index (χ0v) is 13.1. The van der Waals surface area contributed by atoms with Crippen molar-refractivity contribution in [2.75, 3.05) is 13.1 Å². The van der Waals surface area contributed by atoms with Gasteiger partial charge in [0.15, 0.2) is 0 Å². The molecular weight excluding hydrogens is 290 g/mol. The van der Waals surface area contributed by atoms with Crippen molar-refractivity contribution in [3.63, 3.8) is 0 Å². The van der Waals surface area contributed by atoms with Gasteiger partial charge in [0.1, 0.15) is 17.2 Å². The molecule has 2 atom stereocenters. The highest BCUT2D eigenvalue weighted by Gasteiger charge is 2.33. The minimum atomic E-state index is -0.642. The van der Waals surface area contributed by atoms with Crippen LogP contribution in [0, 0.1) is 11.6 Å². The van der Waals surface area contributed by atoms with Gasteiger partial charge >= 0.3 is 6.09 Å². The van der Waals surface area contributed by atoms with Crippen LogP contribution in [0.1, 0.15) is 38.7 Å². The topological polar surface area (TPSA) is 55.6 Å². The summed E-state index contributed by atoms with van der Waals surface area (Å²) in [5.74, 6) is -1.60. The van der Waals surface area contributed by atoms with Crippen LogP contribution in [-0.4, -0.2) is 35.7 Å². The van der Waals surface area contributed by atoms with Gasteiger partial charge in [-0.05, 0) is 44.9 Å². The van der Waals surface area contributed by atoms with Crippen molar-refractivity contribution in [3.8, 4) is 0 Å². The van der Waals surface area contributed by atoms with Gasteiger partial charge in [-0.15, -0.1) is 0 Å². The molecule has 0 aromatic heterocycles. The fourth-order valence-corrected chi connectivity index (χ4v) is 2.60. The van der Waals surface area contributed by atoms with E-state index in [1.54, 1.807) is 25.7 Å². The summed E-state index contributed by atoms with van der Waals surface area (Å²) >= 11 is 0. The molecule has 1 aromatic rings. The van der Waals surface area contributed by atoms with Crippen molar-refractivity contribution >= 4 is 6.09 Å². The third-order valence-electron chi connectivity index (χ3n) is 3.63. The number of carbonyl (C=O) groups is 1. The molecule has 2 rings (SSSR count). The van der Waals surface area contributed by atoms with Gasteiger partial charge in [-0.25, -0.2) is 13.6 Å². The highest BCUT2D eigenvalue weighted by Crippen LogP contribution is 2.28. The van der Waals surface area contributed by atoms with Crippen molar-refractivity contribution in [2.45, 2.75) is 44.8 Å². The van der Waals surface area contributed by atoms with Gasteiger partial charge in [0, 0.05) is 31.1 Å². The van der Waals surface area contributed by atoms with Crippen molar-refractivity contribution in [3.05, 3.63) is 35.4 Å². The highest BCUT2D eigenvalue weighted by atomic mass is 19.1. The van der Waals surface area contributed by atoms with E-state index in [9.17, 15) is 13.6 Å². The number of nitrogens with two attached hydrogens (primary N) is 1. The number of amides is 1. The van der Waals surface area contributed by atoms with Crippen molar-refractivity contribution in [2.24, 2.45) is 5.73 Å². The molecule has 1 fully saturated rings. The van der Waals surface area contributed by atoms with E-state index in [0.29, 0.717) is 25.1 Å². The molecule has 1 aromatic carbocycles. The van der Waals surface area contributed by atoms with Gasteiger partial charge in [0.25, 0.3) is 0 Å². The van der Waals surface area contributed by atoms with Gasteiger partial charge in [-0.3, -0.25) is 0 Å². The summed E-state index contributed by atoms with van der Waals surface area (Å²) in [5.41, 5.74) is 5.96. The normalized spacial score (nSPS) is 22.5. The molecule has 2 N–H and O–H groups in total. The van der Waals surface area contributed by atoms with Crippen LogP contribution in [0.2, 0.25) is 0 Å². The first kappa shape index (κ1) is 16.7. The summed E-state index contributed by atoms with van der Waals surface area (Å²) in [6, 6.07) is 3.11. The van der Waals surface area contributed by atoms with Crippen LogP contribution in [0.3, 0.4) is 0 Å². The Morgan fingerprint density at radius 2 is 1.86 bits per heavy atom. The lowest BCUT2D eigenvalue weighted by molar-refractivity contribution is 0.0186. The molecule has 0 spiro atoms. The number of hydrogen-bond donors (Lipinski definition) is 1. The Balaban J connectivity index is 2.16. The smallest absolute Gasteiger partial charge is 0.410 e. The van der Waals surface area contributed by atoms with E-state index in [1.807, 2.05) is 0 Å². The van der Waals surface area contributed by atoms with Crippen molar-refractivity contribution < 1.29 is 18.3 Å². The monoisotopic (exact) mass is 312 g/mol. The molecule has 4 nitrogen and oxygen atoms in total. The maximum Gasteiger partial charge on any atom is 0.410 e. The minimum absolute atomic E-state index is 0.250. The minimum Gasteiger partial charge on any atom is -0.444 e. The molecule has 6 heteroatoms. The number of nitrogens with zero attached hydrogens (tertiary/aromatic N) is 1. The van der Waals surface area contributed by atoms with Crippen LogP contribution in [0.15, 0.2) is 18.2 Å². The maximum atomic E-state index is 13.4. The Labute approximate surface area is 129 Å². The molecule has 1 aliphatic rings. The molecule has 0 radical (unpaired) electrons. The van der Waals surface area contributed by atoms with Crippen LogP contribution in [0.4, 0.5) is 13.6 Å². The molecule has 1 amide bonds. The van der Waals surface area contributed by atoms with Crippen molar-refractivity contribution in [1.82, 2.24) is 4.90 Å². The second-order valence-electron chi connectivity index (χ2n) is 6.69. The van der Waals surface area contributed by atoms with E-state index >= 15 is 0 Å². The van der Waals surface area contributed by atoms with E-state index in [1.165, 1.54) is 12.1 Å². The third-order valence-corrected chi connectivity index (χ3v) is 3.63. The van der Waals surface area contributed by atoms with Crippen LogP contribution < -0.4 is 5.73 Å². The lowest BCUT2D eigenvalue weighted by Crippen LogP contribution is -2.49. The Morgan fingerprint density at radius 1 is 1.27 bits per heavy atom. The third kappa shape index (κ3) is 4.16. The number of likely N-dealkylation sites (tertiary alicyclic amines) is 1. The van der Waals surface area contributed by atoms with Crippen LogP contribution in [-0.2, 0) is 4.74 Å². The van der Waals surface area contributed by atoms with E-state index < -0.39 is 23.3 Å². The number of halogens is 2.